The van der Waals surface area contributed by atoms with Crippen molar-refractivity contribution in [1.29, 1.82) is 0 Å². The van der Waals surface area contributed by atoms with E-state index in [4.69, 9.17) is 4.74 Å². The molecule has 0 heterocycles. The first-order chi connectivity index (χ1) is 6.43. The Kier molecular flexibility index (Phi) is 3.20. The minimum Gasteiger partial charge on any atom is -0.484 e. The number of rotatable bonds is 3. The van der Waals surface area contributed by atoms with Crippen LogP contribution < -0.4 is 0 Å². The molecule has 1 aliphatic carbocycles. The van der Waals surface area contributed by atoms with Crippen LogP contribution in [-0.2, 0) is 4.74 Å². The summed E-state index contributed by atoms with van der Waals surface area (Å²) < 4.78 is 5.81. The monoisotopic (exact) mass is 192 g/mol. The van der Waals surface area contributed by atoms with Crippen molar-refractivity contribution in [2.45, 2.75) is 39.2 Å². The van der Waals surface area contributed by atoms with Crippen LogP contribution in [0.2, 0.25) is 0 Å². The molecular formula is C13H20O. The summed E-state index contributed by atoms with van der Waals surface area (Å²) in [6, 6.07) is 0. The molecule has 0 bridgehead atoms. The summed E-state index contributed by atoms with van der Waals surface area (Å²) in [6.07, 6.45) is 6.60. The van der Waals surface area contributed by atoms with E-state index in [-0.39, 0.29) is 5.60 Å². The van der Waals surface area contributed by atoms with Crippen molar-refractivity contribution >= 4 is 0 Å². The summed E-state index contributed by atoms with van der Waals surface area (Å²) >= 11 is 0. The van der Waals surface area contributed by atoms with Crippen LogP contribution in [0.3, 0.4) is 0 Å². The molecule has 1 rings (SSSR count). The largest absolute Gasteiger partial charge is 0.484 e. The maximum Gasteiger partial charge on any atom is 0.124 e. The predicted molar refractivity (Wildman–Crippen MR) is 61.0 cm³/mol. The Morgan fingerprint density at radius 3 is 2.57 bits per heavy atom. The zero-order chi connectivity index (χ0) is 10.8. The summed E-state index contributed by atoms with van der Waals surface area (Å²) in [4.78, 5) is 0. The van der Waals surface area contributed by atoms with Gasteiger partial charge in [-0.15, -0.1) is 0 Å². The van der Waals surface area contributed by atoms with Crippen LogP contribution in [0, 0.1) is 5.92 Å². The lowest BCUT2D eigenvalue weighted by molar-refractivity contribution is 0.0499. The van der Waals surface area contributed by atoms with Crippen molar-refractivity contribution in [3.8, 4) is 0 Å². The maximum absolute atomic E-state index is 5.81. The van der Waals surface area contributed by atoms with E-state index in [1.165, 1.54) is 6.42 Å². The fraction of sp³-hybridized carbons (Fsp3) is 0.538. The molecule has 0 saturated heterocycles. The van der Waals surface area contributed by atoms with Crippen molar-refractivity contribution in [2.75, 3.05) is 0 Å². The Balaban J connectivity index is 2.64. The zero-order valence-electron chi connectivity index (χ0n) is 9.47. The molecule has 78 valence electrons. The Morgan fingerprint density at radius 1 is 1.50 bits per heavy atom. The van der Waals surface area contributed by atoms with Gasteiger partial charge in [-0.1, -0.05) is 26.2 Å². The Morgan fingerprint density at radius 2 is 2.14 bits per heavy atom. The van der Waals surface area contributed by atoms with Crippen LogP contribution >= 0.6 is 0 Å². The van der Waals surface area contributed by atoms with E-state index in [2.05, 4.69) is 39.2 Å². The second-order valence-corrected chi connectivity index (χ2v) is 4.49. The van der Waals surface area contributed by atoms with Crippen molar-refractivity contribution in [1.82, 2.24) is 0 Å². The average Bonchev–Trinajstić information content (AvgIpc) is 2.10. The van der Waals surface area contributed by atoms with Gasteiger partial charge in [-0.25, -0.2) is 0 Å². The van der Waals surface area contributed by atoms with Gasteiger partial charge in [0.1, 0.15) is 11.4 Å². The van der Waals surface area contributed by atoms with Crippen LogP contribution in [0.4, 0.5) is 0 Å². The van der Waals surface area contributed by atoms with Crippen LogP contribution in [-0.4, -0.2) is 5.60 Å². The molecule has 2 unspecified atom stereocenters. The summed E-state index contributed by atoms with van der Waals surface area (Å²) in [5.74, 6) is 1.37. The first-order valence-electron chi connectivity index (χ1n) is 5.16. The highest BCUT2D eigenvalue weighted by Crippen LogP contribution is 2.31. The lowest BCUT2D eigenvalue weighted by atomic mass is 9.87. The summed E-state index contributed by atoms with van der Waals surface area (Å²) in [5, 5.41) is 0. The Labute approximate surface area is 87.2 Å². The third-order valence-corrected chi connectivity index (χ3v) is 2.71. The minimum absolute atomic E-state index is 0.178. The summed E-state index contributed by atoms with van der Waals surface area (Å²) in [5.41, 5.74) is 0.723. The quantitative estimate of drug-likeness (QED) is 0.375. The lowest BCUT2D eigenvalue weighted by Gasteiger charge is -2.32. The van der Waals surface area contributed by atoms with Gasteiger partial charge in [-0.05, 0) is 44.3 Å². The normalized spacial score (nSPS) is 31.2. The Hall–Kier alpha value is -0.980. The molecule has 0 spiro atoms. The molecule has 0 fully saturated rings. The van der Waals surface area contributed by atoms with Gasteiger partial charge >= 0.3 is 0 Å². The van der Waals surface area contributed by atoms with Gasteiger partial charge in [-0.3, -0.25) is 0 Å². The third-order valence-electron chi connectivity index (χ3n) is 2.71. The van der Waals surface area contributed by atoms with E-state index in [9.17, 15) is 0 Å². The second kappa shape index (κ2) is 4.04. The van der Waals surface area contributed by atoms with Crippen LogP contribution in [0.1, 0.15) is 33.6 Å². The fourth-order valence-electron chi connectivity index (χ4n) is 1.52. The van der Waals surface area contributed by atoms with E-state index in [1.807, 2.05) is 6.92 Å². The number of ether oxygens (including phenoxy) is 1. The molecule has 0 aromatic heterocycles. The van der Waals surface area contributed by atoms with Crippen molar-refractivity contribution in [2.24, 2.45) is 5.92 Å². The van der Waals surface area contributed by atoms with Crippen molar-refractivity contribution in [3.05, 3.63) is 36.6 Å². The molecule has 0 radical (unpaired) electrons. The van der Waals surface area contributed by atoms with Gasteiger partial charge in [-0.2, -0.15) is 0 Å². The molecule has 2 atom stereocenters. The van der Waals surface area contributed by atoms with Gasteiger partial charge < -0.3 is 4.74 Å². The first kappa shape index (κ1) is 11.1. The van der Waals surface area contributed by atoms with Crippen LogP contribution in [0.15, 0.2) is 36.6 Å². The van der Waals surface area contributed by atoms with E-state index in [0.29, 0.717) is 11.7 Å². The van der Waals surface area contributed by atoms with E-state index in [1.54, 1.807) is 0 Å². The molecule has 0 saturated carbocycles. The molecule has 14 heavy (non-hydrogen) atoms. The minimum atomic E-state index is -0.178. The van der Waals surface area contributed by atoms with E-state index >= 15 is 0 Å². The smallest absolute Gasteiger partial charge is 0.124 e. The van der Waals surface area contributed by atoms with Crippen LogP contribution in [0.5, 0.6) is 0 Å². The average molecular weight is 192 g/mol. The fourth-order valence-corrected chi connectivity index (χ4v) is 1.52. The molecular weight excluding hydrogens is 172 g/mol. The van der Waals surface area contributed by atoms with Gasteiger partial charge in [0.15, 0.2) is 0 Å². The van der Waals surface area contributed by atoms with Crippen molar-refractivity contribution < 1.29 is 4.74 Å². The molecule has 0 amide bonds. The topological polar surface area (TPSA) is 9.23 Å². The molecule has 0 aliphatic heterocycles. The highest BCUT2D eigenvalue weighted by molar-refractivity contribution is 5.19. The summed E-state index contributed by atoms with van der Waals surface area (Å²) in [7, 11) is 0. The molecule has 1 nitrogen and oxygen atoms in total. The second-order valence-electron chi connectivity index (χ2n) is 4.49. The lowest BCUT2D eigenvalue weighted by Crippen LogP contribution is -2.29. The highest BCUT2D eigenvalue weighted by atomic mass is 16.5. The molecule has 0 aromatic carbocycles. The van der Waals surface area contributed by atoms with E-state index < -0.39 is 0 Å². The maximum atomic E-state index is 5.81. The zero-order valence-corrected chi connectivity index (χ0v) is 9.47. The molecule has 0 N–H and O–H groups in total. The van der Waals surface area contributed by atoms with Gasteiger partial charge in [0.25, 0.3) is 0 Å². The molecule has 1 aliphatic rings. The number of allylic oxidation sites excluding steroid dienone is 2. The SMILES string of the molecule is C=C(C)C(=C)OC1(C)C=CC(C)CC1. The first-order valence-corrected chi connectivity index (χ1v) is 5.16. The van der Waals surface area contributed by atoms with Gasteiger partial charge in [0.05, 0.1) is 0 Å². The predicted octanol–water partition coefficient (Wildman–Crippen LogP) is 3.84. The third kappa shape index (κ3) is 2.76. The van der Waals surface area contributed by atoms with Gasteiger partial charge in [0, 0.05) is 0 Å². The van der Waals surface area contributed by atoms with Gasteiger partial charge in [0.2, 0.25) is 0 Å². The number of hydrogen-bond acceptors (Lipinski definition) is 1. The highest BCUT2D eigenvalue weighted by Gasteiger charge is 2.27. The van der Waals surface area contributed by atoms with Crippen molar-refractivity contribution in [3.63, 3.8) is 0 Å². The number of hydrogen-bond donors (Lipinski definition) is 0. The molecule has 1 heteroatoms. The molecule has 0 aromatic rings. The van der Waals surface area contributed by atoms with E-state index in [0.717, 1.165) is 12.0 Å². The standard InChI is InChI=1S/C13H20O/c1-10(2)12(4)14-13(5)8-6-11(3)7-9-13/h6,8,11H,1,4,7,9H2,2-3,5H3. The van der Waals surface area contributed by atoms with Crippen LogP contribution in [0.25, 0.3) is 0 Å². The summed E-state index contributed by atoms with van der Waals surface area (Å²) in [6.45, 7) is 13.9. The Bertz CT molecular complexity index is 275.